The van der Waals surface area contributed by atoms with Crippen LogP contribution >= 0.6 is 0 Å². The van der Waals surface area contributed by atoms with Crippen LogP contribution in [0.2, 0.25) is 0 Å². The summed E-state index contributed by atoms with van der Waals surface area (Å²) in [7, 11) is 0. The molecule has 0 aromatic heterocycles. The van der Waals surface area contributed by atoms with Crippen LogP contribution < -0.4 is 5.32 Å². The predicted octanol–water partition coefficient (Wildman–Crippen LogP) is -0.0473. The SMILES string of the molecule is OCC1CN(Cc2ccccc2F)C(CO)CN1. The molecule has 0 aliphatic carbocycles. The molecule has 100 valence electrons. The molecule has 0 bridgehead atoms. The summed E-state index contributed by atoms with van der Waals surface area (Å²) >= 11 is 0. The van der Waals surface area contributed by atoms with Gasteiger partial charge in [0.1, 0.15) is 5.82 Å². The topological polar surface area (TPSA) is 55.7 Å². The van der Waals surface area contributed by atoms with E-state index in [1.54, 1.807) is 18.2 Å². The van der Waals surface area contributed by atoms with Crippen molar-refractivity contribution in [3.63, 3.8) is 0 Å². The van der Waals surface area contributed by atoms with E-state index in [0.717, 1.165) is 0 Å². The van der Waals surface area contributed by atoms with Crippen LogP contribution in [0.15, 0.2) is 24.3 Å². The van der Waals surface area contributed by atoms with E-state index in [-0.39, 0.29) is 31.1 Å². The highest BCUT2D eigenvalue weighted by Gasteiger charge is 2.27. The second kappa shape index (κ2) is 6.24. The number of benzene rings is 1. The van der Waals surface area contributed by atoms with Crippen molar-refractivity contribution >= 4 is 0 Å². The van der Waals surface area contributed by atoms with E-state index >= 15 is 0 Å². The van der Waals surface area contributed by atoms with Gasteiger partial charge in [-0.05, 0) is 6.07 Å². The van der Waals surface area contributed by atoms with Gasteiger partial charge in [0.05, 0.1) is 13.2 Å². The number of hydrogen-bond acceptors (Lipinski definition) is 4. The minimum atomic E-state index is -0.228. The molecular formula is C13H19FN2O2. The van der Waals surface area contributed by atoms with Gasteiger partial charge in [0.15, 0.2) is 0 Å². The van der Waals surface area contributed by atoms with Crippen molar-refractivity contribution < 1.29 is 14.6 Å². The van der Waals surface area contributed by atoms with E-state index in [9.17, 15) is 9.50 Å². The zero-order valence-electron chi connectivity index (χ0n) is 10.2. The molecule has 1 aromatic carbocycles. The van der Waals surface area contributed by atoms with Gasteiger partial charge in [-0.1, -0.05) is 18.2 Å². The van der Waals surface area contributed by atoms with Gasteiger partial charge in [-0.2, -0.15) is 0 Å². The summed E-state index contributed by atoms with van der Waals surface area (Å²) in [6.45, 7) is 1.74. The molecule has 4 nitrogen and oxygen atoms in total. The smallest absolute Gasteiger partial charge is 0.127 e. The van der Waals surface area contributed by atoms with Crippen LogP contribution in [0.25, 0.3) is 0 Å². The molecule has 1 saturated heterocycles. The van der Waals surface area contributed by atoms with Crippen LogP contribution in [-0.4, -0.2) is 53.5 Å². The Morgan fingerprint density at radius 3 is 2.72 bits per heavy atom. The molecule has 2 unspecified atom stereocenters. The monoisotopic (exact) mass is 254 g/mol. The molecule has 2 atom stereocenters. The fourth-order valence-electron chi connectivity index (χ4n) is 2.27. The van der Waals surface area contributed by atoms with Crippen molar-refractivity contribution in [3.05, 3.63) is 35.6 Å². The summed E-state index contributed by atoms with van der Waals surface area (Å²) in [5.74, 6) is -0.228. The van der Waals surface area contributed by atoms with Crippen LogP contribution in [0.1, 0.15) is 5.56 Å². The molecule has 1 fully saturated rings. The average molecular weight is 254 g/mol. The summed E-state index contributed by atoms with van der Waals surface area (Å²) in [6, 6.07) is 6.61. The maximum absolute atomic E-state index is 13.6. The third kappa shape index (κ3) is 3.05. The first-order valence-corrected chi connectivity index (χ1v) is 6.17. The normalized spacial score (nSPS) is 25.3. The van der Waals surface area contributed by atoms with E-state index in [2.05, 4.69) is 5.32 Å². The lowest BCUT2D eigenvalue weighted by Crippen LogP contribution is -2.58. The van der Waals surface area contributed by atoms with Gasteiger partial charge in [-0.15, -0.1) is 0 Å². The van der Waals surface area contributed by atoms with E-state index < -0.39 is 0 Å². The Balaban J connectivity index is 2.07. The van der Waals surface area contributed by atoms with Crippen molar-refractivity contribution in [1.29, 1.82) is 0 Å². The third-order valence-electron chi connectivity index (χ3n) is 3.38. The number of aliphatic hydroxyl groups is 2. The van der Waals surface area contributed by atoms with Crippen LogP contribution in [0.3, 0.4) is 0 Å². The van der Waals surface area contributed by atoms with Crippen molar-refractivity contribution in [2.45, 2.75) is 18.6 Å². The lowest BCUT2D eigenvalue weighted by atomic mass is 10.1. The predicted molar refractivity (Wildman–Crippen MR) is 66.6 cm³/mol. The van der Waals surface area contributed by atoms with Gasteiger partial charge >= 0.3 is 0 Å². The fourth-order valence-corrected chi connectivity index (χ4v) is 2.27. The maximum Gasteiger partial charge on any atom is 0.127 e. The highest BCUT2D eigenvalue weighted by Crippen LogP contribution is 2.14. The first-order valence-electron chi connectivity index (χ1n) is 6.17. The Hall–Kier alpha value is -1.01. The first-order chi connectivity index (χ1) is 8.74. The Morgan fingerprint density at radius 2 is 2.06 bits per heavy atom. The minimum absolute atomic E-state index is 0.0143. The standard InChI is InChI=1S/C13H19FN2O2/c14-13-4-2-1-3-10(13)6-16-7-11(8-17)15-5-12(16)9-18/h1-4,11-12,15,17-18H,5-9H2. The van der Waals surface area contributed by atoms with Crippen molar-refractivity contribution in [2.24, 2.45) is 0 Å². The largest absolute Gasteiger partial charge is 0.395 e. The second-order valence-electron chi connectivity index (χ2n) is 4.64. The molecule has 1 aliphatic rings. The summed E-state index contributed by atoms with van der Waals surface area (Å²) in [5, 5.41) is 21.6. The van der Waals surface area contributed by atoms with Crippen LogP contribution in [0.4, 0.5) is 4.39 Å². The Bertz CT molecular complexity index is 389. The molecule has 2 rings (SSSR count). The fraction of sp³-hybridized carbons (Fsp3) is 0.538. The van der Waals surface area contributed by atoms with E-state index in [4.69, 9.17) is 5.11 Å². The highest BCUT2D eigenvalue weighted by molar-refractivity contribution is 5.17. The van der Waals surface area contributed by atoms with E-state index in [0.29, 0.717) is 25.2 Å². The lowest BCUT2D eigenvalue weighted by molar-refractivity contribution is 0.0582. The Morgan fingerprint density at radius 1 is 1.28 bits per heavy atom. The number of piperazine rings is 1. The van der Waals surface area contributed by atoms with Crippen molar-refractivity contribution in [2.75, 3.05) is 26.3 Å². The zero-order chi connectivity index (χ0) is 13.0. The average Bonchev–Trinajstić information content (AvgIpc) is 2.41. The molecule has 18 heavy (non-hydrogen) atoms. The summed E-state index contributed by atoms with van der Waals surface area (Å²) < 4.78 is 13.6. The number of halogens is 1. The Kier molecular flexibility index (Phi) is 4.66. The Labute approximate surface area is 106 Å². The van der Waals surface area contributed by atoms with Crippen LogP contribution in [-0.2, 0) is 6.54 Å². The van der Waals surface area contributed by atoms with Crippen molar-refractivity contribution in [3.8, 4) is 0 Å². The van der Waals surface area contributed by atoms with Crippen LogP contribution in [0.5, 0.6) is 0 Å². The molecule has 0 spiro atoms. The van der Waals surface area contributed by atoms with Gasteiger partial charge in [-0.25, -0.2) is 4.39 Å². The van der Waals surface area contributed by atoms with E-state index in [1.165, 1.54) is 6.07 Å². The summed E-state index contributed by atoms with van der Waals surface area (Å²) in [6.07, 6.45) is 0. The quantitative estimate of drug-likeness (QED) is 0.705. The summed E-state index contributed by atoms with van der Waals surface area (Å²) in [4.78, 5) is 2.01. The zero-order valence-corrected chi connectivity index (χ0v) is 10.2. The van der Waals surface area contributed by atoms with Gasteiger partial charge in [-0.3, -0.25) is 4.90 Å². The van der Waals surface area contributed by atoms with Gasteiger partial charge in [0.2, 0.25) is 0 Å². The number of rotatable bonds is 4. The molecule has 3 N–H and O–H groups in total. The van der Waals surface area contributed by atoms with Crippen LogP contribution in [0, 0.1) is 5.82 Å². The molecule has 5 heteroatoms. The molecule has 1 heterocycles. The van der Waals surface area contributed by atoms with Crippen molar-refractivity contribution in [1.82, 2.24) is 10.2 Å². The number of nitrogens with one attached hydrogen (secondary N) is 1. The molecular weight excluding hydrogens is 235 g/mol. The third-order valence-corrected chi connectivity index (χ3v) is 3.38. The minimum Gasteiger partial charge on any atom is -0.395 e. The number of nitrogens with zero attached hydrogens (tertiary/aromatic N) is 1. The van der Waals surface area contributed by atoms with Gasteiger partial charge < -0.3 is 15.5 Å². The maximum atomic E-state index is 13.6. The van der Waals surface area contributed by atoms with Gasteiger partial charge in [0.25, 0.3) is 0 Å². The second-order valence-corrected chi connectivity index (χ2v) is 4.64. The molecule has 1 aromatic rings. The molecule has 1 aliphatic heterocycles. The first kappa shape index (κ1) is 13.4. The summed E-state index contributed by atoms with van der Waals surface area (Å²) in [5.41, 5.74) is 0.620. The molecule has 0 saturated carbocycles. The molecule has 0 radical (unpaired) electrons. The molecule has 0 amide bonds. The number of aliphatic hydroxyl groups excluding tert-OH is 2. The lowest BCUT2D eigenvalue weighted by Gasteiger charge is -2.39. The number of hydrogen-bond donors (Lipinski definition) is 3. The van der Waals surface area contributed by atoms with E-state index in [1.807, 2.05) is 4.90 Å². The highest BCUT2D eigenvalue weighted by atomic mass is 19.1. The van der Waals surface area contributed by atoms with Gasteiger partial charge in [0, 0.05) is 37.3 Å².